The molecule has 0 bridgehead atoms. The van der Waals surface area contributed by atoms with E-state index in [1.54, 1.807) is 6.20 Å². The summed E-state index contributed by atoms with van der Waals surface area (Å²) in [6.07, 6.45) is 5.68. The molecule has 2 N–H and O–H groups in total. The summed E-state index contributed by atoms with van der Waals surface area (Å²) in [6.45, 7) is 0.937. The molecule has 0 fully saturated rings. The zero-order valence-corrected chi connectivity index (χ0v) is 10.7. The van der Waals surface area contributed by atoms with Crippen LogP contribution in [-0.4, -0.2) is 20.9 Å². The molecule has 0 aliphatic carbocycles. The van der Waals surface area contributed by atoms with Gasteiger partial charge in [-0.15, -0.1) is 0 Å². The van der Waals surface area contributed by atoms with Gasteiger partial charge in [0.05, 0.1) is 5.52 Å². The predicted molar refractivity (Wildman–Crippen MR) is 75.0 cm³/mol. The molecule has 0 unspecified atom stereocenters. The maximum Gasteiger partial charge on any atom is 0.117 e. The quantitative estimate of drug-likeness (QED) is 0.691. The van der Waals surface area contributed by atoms with E-state index in [9.17, 15) is 0 Å². The van der Waals surface area contributed by atoms with Gasteiger partial charge in [0, 0.05) is 30.7 Å². The van der Waals surface area contributed by atoms with Crippen molar-refractivity contribution in [3.63, 3.8) is 0 Å². The highest BCUT2D eigenvalue weighted by Crippen LogP contribution is 2.26. The molecule has 0 saturated heterocycles. The van der Waals surface area contributed by atoms with E-state index in [-0.39, 0.29) is 0 Å². The topological polar surface area (TPSA) is 53.6 Å². The summed E-state index contributed by atoms with van der Waals surface area (Å²) in [7, 11) is 0. The van der Waals surface area contributed by atoms with Gasteiger partial charge in [-0.05, 0) is 30.1 Å². The van der Waals surface area contributed by atoms with Gasteiger partial charge < -0.3 is 10.3 Å². The Balaban J connectivity index is 1.57. The number of aryl methyl sites for hydroxylation is 1. The molecular weight excluding hydrogens is 244 g/mol. The number of hydrogen-bond donors (Lipinski definition) is 2. The van der Waals surface area contributed by atoms with E-state index in [2.05, 4.69) is 25.7 Å². The van der Waals surface area contributed by atoms with Crippen LogP contribution >= 0.6 is 11.5 Å². The van der Waals surface area contributed by atoms with Crippen molar-refractivity contribution in [2.45, 2.75) is 12.8 Å². The molecule has 0 atom stereocenters. The maximum absolute atomic E-state index is 4.41. The number of benzene rings is 1. The molecule has 3 rings (SSSR count). The molecule has 18 heavy (non-hydrogen) atoms. The summed E-state index contributed by atoms with van der Waals surface area (Å²) < 4.78 is 4.41. The van der Waals surface area contributed by atoms with Gasteiger partial charge in [-0.3, -0.25) is 0 Å². The third-order valence-electron chi connectivity index (χ3n) is 2.81. The second-order valence-corrected chi connectivity index (χ2v) is 4.87. The third-order valence-corrected chi connectivity index (χ3v) is 3.65. The predicted octanol–water partition coefficient (Wildman–Crippen LogP) is 3.06. The van der Waals surface area contributed by atoms with Gasteiger partial charge in [0.1, 0.15) is 10.8 Å². The van der Waals surface area contributed by atoms with E-state index >= 15 is 0 Å². The summed E-state index contributed by atoms with van der Waals surface area (Å²) in [5.41, 5.74) is 1.07. The molecule has 2 heterocycles. The van der Waals surface area contributed by atoms with Gasteiger partial charge >= 0.3 is 0 Å². The lowest BCUT2D eigenvalue weighted by atomic mass is 10.2. The highest BCUT2D eigenvalue weighted by molar-refractivity contribution is 7.11. The summed E-state index contributed by atoms with van der Waals surface area (Å²) >= 11 is 1.53. The standard InChI is InChI=1S/C13H14N4S/c1-2-5-11-10(4-1)13(18-17-11)16-7-3-6-12-14-8-9-15-12/h1-2,4-5,8-9,16H,3,6-7H2,(H,14,15). The van der Waals surface area contributed by atoms with Crippen molar-refractivity contribution in [3.05, 3.63) is 42.5 Å². The molecule has 0 saturated carbocycles. The van der Waals surface area contributed by atoms with Crippen molar-refractivity contribution in [3.8, 4) is 0 Å². The summed E-state index contributed by atoms with van der Waals surface area (Å²) in [5.74, 6) is 1.05. The highest BCUT2D eigenvalue weighted by Gasteiger charge is 2.04. The first-order valence-corrected chi connectivity index (χ1v) is 6.77. The molecular formula is C13H14N4S. The van der Waals surface area contributed by atoms with E-state index in [0.717, 1.165) is 35.7 Å². The van der Waals surface area contributed by atoms with E-state index in [1.165, 1.54) is 16.9 Å². The van der Waals surface area contributed by atoms with Gasteiger partial charge in [0.25, 0.3) is 0 Å². The fourth-order valence-corrected chi connectivity index (χ4v) is 2.70. The Hall–Kier alpha value is -1.88. The van der Waals surface area contributed by atoms with Crippen LogP contribution in [0.15, 0.2) is 36.7 Å². The first-order valence-electron chi connectivity index (χ1n) is 6.00. The second-order valence-electron chi connectivity index (χ2n) is 4.10. The van der Waals surface area contributed by atoms with Crippen molar-refractivity contribution in [2.24, 2.45) is 0 Å². The van der Waals surface area contributed by atoms with Crippen LogP contribution in [0.1, 0.15) is 12.2 Å². The summed E-state index contributed by atoms with van der Waals surface area (Å²) in [6, 6.07) is 8.21. The molecule has 3 aromatic rings. The van der Waals surface area contributed by atoms with Crippen LogP contribution in [0.25, 0.3) is 10.9 Å². The summed E-state index contributed by atoms with van der Waals surface area (Å²) in [4.78, 5) is 7.32. The molecule has 0 radical (unpaired) electrons. The fraction of sp³-hybridized carbons (Fsp3) is 0.231. The lowest BCUT2D eigenvalue weighted by molar-refractivity contribution is 0.818. The lowest BCUT2D eigenvalue weighted by Gasteiger charge is -2.02. The van der Waals surface area contributed by atoms with Crippen LogP contribution in [0.5, 0.6) is 0 Å². The van der Waals surface area contributed by atoms with Crippen LogP contribution in [0.2, 0.25) is 0 Å². The van der Waals surface area contributed by atoms with Gasteiger partial charge in [-0.1, -0.05) is 12.1 Å². The summed E-state index contributed by atoms with van der Waals surface area (Å²) in [5, 5.41) is 5.81. The van der Waals surface area contributed by atoms with Crippen LogP contribution in [0.4, 0.5) is 5.00 Å². The van der Waals surface area contributed by atoms with Crippen molar-refractivity contribution < 1.29 is 0 Å². The largest absolute Gasteiger partial charge is 0.375 e. The number of nitrogens with one attached hydrogen (secondary N) is 2. The highest BCUT2D eigenvalue weighted by atomic mass is 32.1. The molecule has 2 aromatic heterocycles. The van der Waals surface area contributed by atoms with E-state index in [1.807, 2.05) is 24.4 Å². The number of imidazole rings is 1. The van der Waals surface area contributed by atoms with E-state index in [4.69, 9.17) is 0 Å². The van der Waals surface area contributed by atoms with Gasteiger partial charge in [-0.2, -0.15) is 4.37 Å². The molecule has 92 valence electrons. The minimum absolute atomic E-state index is 0.937. The van der Waals surface area contributed by atoms with Crippen LogP contribution in [-0.2, 0) is 6.42 Å². The fourth-order valence-electron chi connectivity index (χ4n) is 1.91. The number of hydrogen-bond acceptors (Lipinski definition) is 4. The zero-order valence-electron chi connectivity index (χ0n) is 9.89. The van der Waals surface area contributed by atoms with Gasteiger partial charge in [-0.25, -0.2) is 4.98 Å². The van der Waals surface area contributed by atoms with Gasteiger partial charge in [0.2, 0.25) is 0 Å². The minimum Gasteiger partial charge on any atom is -0.375 e. The second kappa shape index (κ2) is 5.18. The Morgan fingerprint density at radius 2 is 2.22 bits per heavy atom. The number of aromatic nitrogens is 3. The minimum atomic E-state index is 0.937. The number of anilines is 1. The Kier molecular flexibility index (Phi) is 3.23. The van der Waals surface area contributed by atoms with Crippen molar-refractivity contribution >= 4 is 27.4 Å². The molecule has 0 amide bonds. The molecule has 0 aliphatic heterocycles. The monoisotopic (exact) mass is 258 g/mol. The number of rotatable bonds is 5. The van der Waals surface area contributed by atoms with Crippen molar-refractivity contribution in [1.82, 2.24) is 14.3 Å². The maximum atomic E-state index is 4.41. The number of aromatic amines is 1. The molecule has 0 aliphatic rings. The average molecular weight is 258 g/mol. The zero-order chi connectivity index (χ0) is 12.2. The first-order chi connectivity index (χ1) is 8.93. The number of fused-ring (bicyclic) bond motifs is 1. The number of H-pyrrole nitrogens is 1. The van der Waals surface area contributed by atoms with Gasteiger partial charge in [0.15, 0.2) is 0 Å². The lowest BCUT2D eigenvalue weighted by Crippen LogP contribution is -2.02. The first kappa shape index (κ1) is 11.2. The average Bonchev–Trinajstić information content (AvgIpc) is 3.04. The Labute approximate surface area is 109 Å². The molecule has 0 spiro atoms. The van der Waals surface area contributed by atoms with Crippen LogP contribution in [0, 0.1) is 0 Å². The normalized spacial score (nSPS) is 10.9. The SMILES string of the molecule is c1ccc2c(NCCCc3ncc[nH]3)snc2c1. The number of nitrogens with zero attached hydrogens (tertiary/aromatic N) is 2. The molecule has 5 heteroatoms. The van der Waals surface area contributed by atoms with E-state index < -0.39 is 0 Å². The van der Waals surface area contributed by atoms with Crippen molar-refractivity contribution in [2.75, 3.05) is 11.9 Å². The van der Waals surface area contributed by atoms with E-state index in [0.29, 0.717) is 0 Å². The van der Waals surface area contributed by atoms with Crippen LogP contribution < -0.4 is 5.32 Å². The van der Waals surface area contributed by atoms with Crippen LogP contribution in [0.3, 0.4) is 0 Å². The molecule has 4 nitrogen and oxygen atoms in total. The van der Waals surface area contributed by atoms with Crippen molar-refractivity contribution in [1.29, 1.82) is 0 Å². The molecule has 1 aromatic carbocycles. The Morgan fingerprint density at radius 1 is 1.28 bits per heavy atom. The Bertz CT molecular complexity index is 615. The smallest absolute Gasteiger partial charge is 0.117 e. The Morgan fingerprint density at radius 3 is 3.11 bits per heavy atom. The third kappa shape index (κ3) is 2.36.